The van der Waals surface area contributed by atoms with Crippen molar-refractivity contribution < 1.29 is 13.6 Å². The summed E-state index contributed by atoms with van der Waals surface area (Å²) in [4.78, 5) is 11.9. The predicted octanol–water partition coefficient (Wildman–Crippen LogP) is 1.82. The fourth-order valence-corrected chi connectivity index (χ4v) is 2.11. The number of carbonyl (C=O) groups excluding carboxylic acids is 1. The normalized spacial score (nSPS) is 25.4. The molecule has 0 radical (unpaired) electrons. The maximum absolute atomic E-state index is 13.4. The maximum atomic E-state index is 13.4. The second-order valence-electron chi connectivity index (χ2n) is 5.31. The summed E-state index contributed by atoms with van der Waals surface area (Å²) in [5.41, 5.74) is 5.33. The molecule has 1 aromatic rings. The standard InChI is InChI=1S/C13H16F2N2O/c1-13(2)10(16)6-11(13)17-12(18)8-5-7(14)3-4-9(8)15/h3-5,10-11H,6,16H2,1-2H3,(H,17,18). The van der Waals surface area contributed by atoms with Gasteiger partial charge < -0.3 is 11.1 Å². The van der Waals surface area contributed by atoms with Gasteiger partial charge in [0.1, 0.15) is 11.6 Å². The zero-order valence-electron chi connectivity index (χ0n) is 10.3. The number of nitrogens with one attached hydrogen (secondary N) is 1. The Balaban J connectivity index is 2.12. The molecule has 0 aliphatic heterocycles. The molecule has 1 fully saturated rings. The van der Waals surface area contributed by atoms with E-state index in [1.807, 2.05) is 13.8 Å². The zero-order chi connectivity index (χ0) is 13.5. The van der Waals surface area contributed by atoms with Gasteiger partial charge in [-0.1, -0.05) is 13.8 Å². The van der Waals surface area contributed by atoms with E-state index in [1.165, 1.54) is 0 Å². The van der Waals surface area contributed by atoms with Crippen LogP contribution < -0.4 is 11.1 Å². The summed E-state index contributed by atoms with van der Waals surface area (Å²) in [5.74, 6) is -1.96. The number of amides is 1. The summed E-state index contributed by atoms with van der Waals surface area (Å²) in [6, 6.07) is 2.73. The van der Waals surface area contributed by atoms with Gasteiger partial charge in [0.15, 0.2) is 0 Å². The third-order valence-corrected chi connectivity index (χ3v) is 3.82. The molecule has 1 aromatic carbocycles. The van der Waals surface area contributed by atoms with Gasteiger partial charge in [-0.05, 0) is 24.6 Å². The van der Waals surface area contributed by atoms with Crippen molar-refractivity contribution in [3.8, 4) is 0 Å². The number of hydrogen-bond donors (Lipinski definition) is 2. The van der Waals surface area contributed by atoms with Crippen LogP contribution in [0, 0.1) is 17.0 Å². The molecule has 1 aliphatic rings. The van der Waals surface area contributed by atoms with Crippen LogP contribution in [0.2, 0.25) is 0 Å². The Morgan fingerprint density at radius 3 is 2.67 bits per heavy atom. The largest absolute Gasteiger partial charge is 0.349 e. The number of benzene rings is 1. The molecule has 5 heteroatoms. The van der Waals surface area contributed by atoms with Gasteiger partial charge in [0.05, 0.1) is 5.56 Å². The topological polar surface area (TPSA) is 55.1 Å². The van der Waals surface area contributed by atoms with Gasteiger partial charge >= 0.3 is 0 Å². The van der Waals surface area contributed by atoms with E-state index >= 15 is 0 Å². The van der Waals surface area contributed by atoms with Gasteiger partial charge in [-0.15, -0.1) is 0 Å². The number of hydrogen-bond acceptors (Lipinski definition) is 2. The van der Waals surface area contributed by atoms with E-state index in [9.17, 15) is 13.6 Å². The van der Waals surface area contributed by atoms with Gasteiger partial charge in [0.2, 0.25) is 0 Å². The highest BCUT2D eigenvalue weighted by molar-refractivity contribution is 5.94. The first-order valence-corrected chi connectivity index (χ1v) is 5.84. The molecule has 2 unspecified atom stereocenters. The van der Waals surface area contributed by atoms with Crippen molar-refractivity contribution in [3.63, 3.8) is 0 Å². The number of halogens is 2. The molecule has 0 saturated heterocycles. The van der Waals surface area contributed by atoms with Crippen molar-refractivity contribution >= 4 is 5.91 Å². The monoisotopic (exact) mass is 254 g/mol. The molecule has 1 amide bonds. The second kappa shape index (κ2) is 4.31. The Labute approximate surface area is 104 Å². The van der Waals surface area contributed by atoms with E-state index in [4.69, 9.17) is 5.73 Å². The van der Waals surface area contributed by atoms with Crippen LogP contribution in [-0.2, 0) is 0 Å². The first-order chi connectivity index (χ1) is 8.32. The number of rotatable bonds is 2. The summed E-state index contributed by atoms with van der Waals surface area (Å²) in [5, 5.41) is 2.70. The first-order valence-electron chi connectivity index (χ1n) is 5.84. The Kier molecular flexibility index (Phi) is 3.11. The third-order valence-electron chi connectivity index (χ3n) is 3.82. The molecule has 0 bridgehead atoms. The van der Waals surface area contributed by atoms with Crippen molar-refractivity contribution in [2.24, 2.45) is 11.1 Å². The Morgan fingerprint density at radius 2 is 2.11 bits per heavy atom. The van der Waals surface area contributed by atoms with Crippen LogP contribution in [0.5, 0.6) is 0 Å². The summed E-state index contributed by atoms with van der Waals surface area (Å²) in [6.07, 6.45) is 0.648. The van der Waals surface area contributed by atoms with E-state index in [-0.39, 0.29) is 23.1 Å². The quantitative estimate of drug-likeness (QED) is 0.845. The first kappa shape index (κ1) is 13.0. The van der Waals surface area contributed by atoms with Gasteiger partial charge in [0.25, 0.3) is 5.91 Å². The molecule has 0 spiro atoms. The lowest BCUT2D eigenvalue weighted by Crippen LogP contribution is -2.64. The van der Waals surface area contributed by atoms with Crippen LogP contribution in [0.15, 0.2) is 18.2 Å². The van der Waals surface area contributed by atoms with Crippen LogP contribution >= 0.6 is 0 Å². The van der Waals surface area contributed by atoms with Crippen molar-refractivity contribution in [3.05, 3.63) is 35.4 Å². The predicted molar refractivity (Wildman–Crippen MR) is 64.0 cm³/mol. The maximum Gasteiger partial charge on any atom is 0.254 e. The minimum absolute atomic E-state index is 0.0140. The average molecular weight is 254 g/mol. The van der Waals surface area contributed by atoms with Crippen LogP contribution in [0.4, 0.5) is 8.78 Å². The van der Waals surface area contributed by atoms with E-state index in [2.05, 4.69) is 5.32 Å². The molecule has 0 heterocycles. The van der Waals surface area contributed by atoms with Crippen LogP contribution in [0.3, 0.4) is 0 Å². The fraction of sp³-hybridized carbons (Fsp3) is 0.462. The molecular formula is C13H16F2N2O. The lowest BCUT2D eigenvalue weighted by atomic mass is 9.63. The minimum Gasteiger partial charge on any atom is -0.349 e. The lowest BCUT2D eigenvalue weighted by molar-refractivity contribution is 0.0583. The Bertz CT molecular complexity index is 488. The highest BCUT2D eigenvalue weighted by atomic mass is 19.1. The van der Waals surface area contributed by atoms with Gasteiger partial charge in [-0.25, -0.2) is 8.78 Å². The Hall–Kier alpha value is -1.49. The van der Waals surface area contributed by atoms with E-state index < -0.39 is 17.5 Å². The smallest absolute Gasteiger partial charge is 0.254 e. The van der Waals surface area contributed by atoms with Gasteiger partial charge in [-0.3, -0.25) is 4.79 Å². The highest BCUT2D eigenvalue weighted by Gasteiger charge is 2.46. The zero-order valence-corrected chi connectivity index (χ0v) is 10.3. The summed E-state index contributed by atoms with van der Waals surface area (Å²) in [6.45, 7) is 3.88. The van der Waals surface area contributed by atoms with Gasteiger partial charge in [0, 0.05) is 17.5 Å². The van der Waals surface area contributed by atoms with E-state index in [0.717, 1.165) is 18.2 Å². The third kappa shape index (κ3) is 2.10. The van der Waals surface area contributed by atoms with Gasteiger partial charge in [-0.2, -0.15) is 0 Å². The number of carbonyl (C=O) groups is 1. The summed E-state index contributed by atoms with van der Waals surface area (Å²) >= 11 is 0. The van der Waals surface area contributed by atoms with Crippen LogP contribution in [0.25, 0.3) is 0 Å². The van der Waals surface area contributed by atoms with Crippen LogP contribution in [0.1, 0.15) is 30.6 Å². The molecule has 98 valence electrons. The molecule has 0 aromatic heterocycles. The molecular weight excluding hydrogens is 238 g/mol. The molecule has 3 nitrogen and oxygen atoms in total. The Morgan fingerprint density at radius 1 is 1.44 bits per heavy atom. The van der Waals surface area contributed by atoms with Crippen LogP contribution in [-0.4, -0.2) is 18.0 Å². The molecule has 2 rings (SSSR count). The molecule has 18 heavy (non-hydrogen) atoms. The second-order valence-corrected chi connectivity index (χ2v) is 5.31. The highest BCUT2D eigenvalue weighted by Crippen LogP contribution is 2.39. The van der Waals surface area contributed by atoms with Crippen molar-refractivity contribution in [1.29, 1.82) is 0 Å². The van der Waals surface area contributed by atoms with Crippen molar-refractivity contribution in [2.45, 2.75) is 32.4 Å². The SMILES string of the molecule is CC1(C)C(N)CC1NC(=O)c1cc(F)ccc1F. The van der Waals surface area contributed by atoms with E-state index in [1.54, 1.807) is 0 Å². The molecule has 1 saturated carbocycles. The molecule has 1 aliphatic carbocycles. The molecule has 2 atom stereocenters. The lowest BCUT2D eigenvalue weighted by Gasteiger charge is -2.50. The van der Waals surface area contributed by atoms with E-state index in [0.29, 0.717) is 6.42 Å². The average Bonchev–Trinajstić information content (AvgIpc) is 2.31. The number of nitrogens with two attached hydrogens (primary N) is 1. The van der Waals surface area contributed by atoms with Crippen molar-refractivity contribution in [2.75, 3.05) is 0 Å². The fourth-order valence-electron chi connectivity index (χ4n) is 2.11. The molecule has 3 N–H and O–H groups in total. The summed E-state index contributed by atoms with van der Waals surface area (Å²) in [7, 11) is 0. The van der Waals surface area contributed by atoms with Crippen molar-refractivity contribution in [1.82, 2.24) is 5.32 Å². The summed E-state index contributed by atoms with van der Waals surface area (Å²) < 4.78 is 26.4. The minimum atomic E-state index is -0.727.